The maximum absolute atomic E-state index is 12.9. The smallest absolute Gasteiger partial charge is 0.270 e. The number of benzene rings is 1. The van der Waals surface area contributed by atoms with Crippen molar-refractivity contribution in [2.45, 2.75) is 19.5 Å². The first kappa shape index (κ1) is 17.0. The summed E-state index contributed by atoms with van der Waals surface area (Å²) in [5, 5.41) is 8.36. The number of hydrogen-bond acceptors (Lipinski definition) is 4. The van der Waals surface area contributed by atoms with Crippen molar-refractivity contribution in [1.29, 1.82) is 0 Å². The van der Waals surface area contributed by atoms with Crippen LogP contribution in [0.4, 0.5) is 5.82 Å². The number of nitrogens with zero attached hydrogens (tertiary/aromatic N) is 3. The monoisotopic (exact) mass is 379 g/mol. The Morgan fingerprint density at radius 1 is 1.21 bits per heavy atom. The molecule has 1 unspecified atom stereocenters. The number of rotatable bonds is 3. The van der Waals surface area contributed by atoms with Crippen molar-refractivity contribution < 1.29 is 14.3 Å². The van der Waals surface area contributed by atoms with Crippen LogP contribution >= 0.6 is 0 Å². The van der Waals surface area contributed by atoms with Crippen LogP contribution in [0.1, 0.15) is 22.6 Å². The van der Waals surface area contributed by atoms with E-state index in [-0.39, 0.29) is 17.7 Å². The van der Waals surface area contributed by atoms with E-state index < -0.39 is 0 Å². The zero-order valence-electron chi connectivity index (χ0n) is 15.4. The van der Waals surface area contributed by atoms with Gasteiger partial charge >= 0.3 is 0 Å². The van der Waals surface area contributed by atoms with Gasteiger partial charge in [-0.3, -0.25) is 14.3 Å². The molecule has 8 nitrogen and oxygen atoms in total. The fourth-order valence-corrected chi connectivity index (χ4v) is 3.83. The average molecular weight is 379 g/mol. The summed E-state index contributed by atoms with van der Waals surface area (Å²) in [6, 6.07) is 11.6. The van der Waals surface area contributed by atoms with Gasteiger partial charge in [0, 0.05) is 30.1 Å². The summed E-state index contributed by atoms with van der Waals surface area (Å²) in [5.74, 6) is 0.335. The number of aromatic nitrogens is 3. The van der Waals surface area contributed by atoms with E-state index in [1.807, 2.05) is 41.1 Å². The minimum atomic E-state index is -0.112. The summed E-state index contributed by atoms with van der Waals surface area (Å²) in [6.45, 7) is 2.73. The van der Waals surface area contributed by atoms with Crippen LogP contribution in [-0.4, -0.2) is 51.2 Å². The Labute approximate surface area is 161 Å². The topological polar surface area (TPSA) is 92.3 Å². The summed E-state index contributed by atoms with van der Waals surface area (Å²) in [6.07, 6.45) is 0.742. The van der Waals surface area contributed by atoms with E-state index in [1.54, 1.807) is 4.90 Å². The second-order valence-corrected chi connectivity index (χ2v) is 7.29. The zero-order valence-corrected chi connectivity index (χ0v) is 15.4. The highest BCUT2D eigenvalue weighted by molar-refractivity contribution is 5.98. The Hall–Kier alpha value is -3.13. The lowest BCUT2D eigenvalue weighted by Gasteiger charge is -2.27. The molecular weight excluding hydrogens is 358 g/mol. The summed E-state index contributed by atoms with van der Waals surface area (Å²) >= 11 is 0. The third-order valence-corrected chi connectivity index (χ3v) is 5.40. The van der Waals surface area contributed by atoms with Crippen LogP contribution in [0.25, 0.3) is 10.9 Å². The van der Waals surface area contributed by atoms with Crippen LogP contribution in [0.3, 0.4) is 0 Å². The molecule has 2 aromatic heterocycles. The van der Waals surface area contributed by atoms with Gasteiger partial charge in [-0.15, -0.1) is 0 Å². The molecule has 144 valence electrons. The highest BCUT2D eigenvalue weighted by Gasteiger charge is 2.27. The van der Waals surface area contributed by atoms with Gasteiger partial charge in [-0.25, -0.2) is 0 Å². The van der Waals surface area contributed by atoms with Gasteiger partial charge in [0.1, 0.15) is 5.69 Å². The van der Waals surface area contributed by atoms with Crippen molar-refractivity contribution in [3.8, 4) is 0 Å². The third kappa shape index (κ3) is 3.05. The standard InChI is InChI=1S/C20H21N5O3/c26-19(14-5-8-28-12-14)22-18-10-15-11-24(6-7-25(15)23-18)20(27)17-9-13-3-1-2-4-16(13)21-17/h1-4,9-10,14,21H,5-8,11-12H2,(H,22,23,26). The first-order chi connectivity index (χ1) is 13.7. The lowest BCUT2D eigenvalue weighted by atomic mass is 10.1. The third-order valence-electron chi connectivity index (χ3n) is 5.40. The molecule has 0 saturated carbocycles. The molecule has 1 saturated heterocycles. The molecule has 5 rings (SSSR count). The molecule has 1 fully saturated rings. The lowest BCUT2D eigenvalue weighted by molar-refractivity contribution is -0.119. The second kappa shape index (κ2) is 6.79. The molecule has 0 radical (unpaired) electrons. The van der Waals surface area contributed by atoms with E-state index in [4.69, 9.17) is 4.74 Å². The Morgan fingerprint density at radius 2 is 2.11 bits per heavy atom. The number of para-hydroxylation sites is 1. The number of hydrogen-bond donors (Lipinski definition) is 2. The molecule has 0 aliphatic carbocycles. The number of anilines is 1. The Bertz CT molecular complexity index is 1010. The van der Waals surface area contributed by atoms with E-state index in [2.05, 4.69) is 15.4 Å². The van der Waals surface area contributed by atoms with Crippen LogP contribution in [0.2, 0.25) is 0 Å². The molecular formula is C20H21N5O3. The Morgan fingerprint density at radius 3 is 2.93 bits per heavy atom. The second-order valence-electron chi connectivity index (χ2n) is 7.29. The van der Waals surface area contributed by atoms with Crippen LogP contribution in [0.5, 0.6) is 0 Å². The number of fused-ring (bicyclic) bond motifs is 2. The fourth-order valence-electron chi connectivity index (χ4n) is 3.83. The Kier molecular flexibility index (Phi) is 4.12. The number of nitrogens with one attached hydrogen (secondary N) is 2. The van der Waals surface area contributed by atoms with Crippen molar-refractivity contribution in [3.63, 3.8) is 0 Å². The van der Waals surface area contributed by atoms with Crippen LogP contribution in [0, 0.1) is 5.92 Å². The zero-order chi connectivity index (χ0) is 19.1. The molecule has 28 heavy (non-hydrogen) atoms. The van der Waals surface area contributed by atoms with Gasteiger partial charge in [-0.05, 0) is 18.6 Å². The van der Waals surface area contributed by atoms with Gasteiger partial charge in [0.2, 0.25) is 5.91 Å². The first-order valence-corrected chi connectivity index (χ1v) is 9.50. The van der Waals surface area contributed by atoms with Crippen molar-refractivity contribution in [2.24, 2.45) is 5.92 Å². The quantitative estimate of drug-likeness (QED) is 0.728. The van der Waals surface area contributed by atoms with Crippen LogP contribution in [-0.2, 0) is 22.6 Å². The number of carbonyl (C=O) groups excluding carboxylic acids is 2. The average Bonchev–Trinajstić information content (AvgIpc) is 3.44. The van der Waals surface area contributed by atoms with Gasteiger partial charge in [-0.2, -0.15) is 5.10 Å². The summed E-state index contributed by atoms with van der Waals surface area (Å²) in [4.78, 5) is 30.2. The SMILES string of the molecule is O=C(Nc1cc2n(n1)CCN(C(=O)c1cc3ccccc3[nH]1)C2)C1CCOC1. The van der Waals surface area contributed by atoms with Crippen molar-refractivity contribution in [3.05, 3.63) is 47.8 Å². The minimum Gasteiger partial charge on any atom is -0.381 e. The van der Waals surface area contributed by atoms with E-state index in [9.17, 15) is 9.59 Å². The molecule has 1 aromatic carbocycles. The summed E-state index contributed by atoms with van der Waals surface area (Å²) in [7, 11) is 0. The van der Waals surface area contributed by atoms with Crippen molar-refractivity contribution in [2.75, 3.05) is 25.1 Å². The van der Waals surface area contributed by atoms with Gasteiger partial charge in [0.05, 0.1) is 31.3 Å². The van der Waals surface area contributed by atoms with Crippen molar-refractivity contribution >= 4 is 28.5 Å². The Balaban J connectivity index is 1.30. The fraction of sp³-hybridized carbons (Fsp3) is 0.350. The number of carbonyl (C=O) groups is 2. The molecule has 2 N–H and O–H groups in total. The van der Waals surface area contributed by atoms with Gasteiger partial charge < -0.3 is 19.9 Å². The normalized spacial score (nSPS) is 19.0. The number of aromatic amines is 1. The predicted molar refractivity (Wildman–Crippen MR) is 103 cm³/mol. The number of H-pyrrole nitrogens is 1. The first-order valence-electron chi connectivity index (χ1n) is 9.50. The van der Waals surface area contributed by atoms with E-state index >= 15 is 0 Å². The highest BCUT2D eigenvalue weighted by atomic mass is 16.5. The molecule has 8 heteroatoms. The van der Waals surface area contributed by atoms with Crippen LogP contribution < -0.4 is 5.32 Å². The molecule has 2 aliphatic heterocycles. The molecule has 3 aromatic rings. The summed E-state index contributed by atoms with van der Waals surface area (Å²) in [5.41, 5.74) is 2.45. The van der Waals surface area contributed by atoms with Gasteiger partial charge in [0.15, 0.2) is 5.82 Å². The maximum Gasteiger partial charge on any atom is 0.270 e. The lowest BCUT2D eigenvalue weighted by Crippen LogP contribution is -2.38. The summed E-state index contributed by atoms with van der Waals surface area (Å²) < 4.78 is 7.12. The molecule has 4 heterocycles. The van der Waals surface area contributed by atoms with Gasteiger partial charge in [0.25, 0.3) is 5.91 Å². The van der Waals surface area contributed by atoms with Gasteiger partial charge in [-0.1, -0.05) is 18.2 Å². The minimum absolute atomic E-state index is 0.0302. The maximum atomic E-state index is 12.9. The van der Waals surface area contributed by atoms with Crippen LogP contribution in [0.15, 0.2) is 36.4 Å². The molecule has 0 bridgehead atoms. The molecule has 0 spiro atoms. The van der Waals surface area contributed by atoms with Crippen molar-refractivity contribution in [1.82, 2.24) is 19.7 Å². The number of amides is 2. The number of ether oxygens (including phenoxy) is 1. The predicted octanol–water partition coefficient (Wildman–Crippen LogP) is 2.00. The van der Waals surface area contributed by atoms with E-state index in [0.29, 0.717) is 44.4 Å². The van der Waals surface area contributed by atoms with E-state index in [1.165, 1.54) is 0 Å². The highest BCUT2D eigenvalue weighted by Crippen LogP contribution is 2.22. The molecule has 1 atom stereocenters. The molecule has 2 amide bonds. The molecule has 2 aliphatic rings. The van der Waals surface area contributed by atoms with E-state index in [0.717, 1.165) is 23.0 Å². The largest absolute Gasteiger partial charge is 0.381 e.